The summed E-state index contributed by atoms with van der Waals surface area (Å²) in [6.07, 6.45) is 2.93. The van der Waals surface area contributed by atoms with Gasteiger partial charge in [-0.05, 0) is 85.0 Å². The molecule has 0 rings (SSSR count). The zero-order chi connectivity index (χ0) is 34.2. The Labute approximate surface area is 307 Å². The molecule has 44 heavy (non-hydrogen) atoms. The third-order valence-corrected chi connectivity index (χ3v) is 14.1. The third kappa shape index (κ3) is 18.4. The summed E-state index contributed by atoms with van der Waals surface area (Å²) in [6, 6.07) is 0. The third-order valence-electron chi connectivity index (χ3n) is 5.42. The monoisotopic (exact) mass is 780 g/mol. The molecule has 0 radical (unpaired) electrons. The first-order chi connectivity index (χ1) is 20.2. The van der Waals surface area contributed by atoms with E-state index in [2.05, 4.69) is 20.8 Å². The summed E-state index contributed by atoms with van der Waals surface area (Å²) in [7, 11) is 0. The van der Waals surface area contributed by atoms with Crippen molar-refractivity contribution in [3.63, 3.8) is 0 Å². The van der Waals surface area contributed by atoms with E-state index in [0.717, 1.165) is 36.5 Å². The predicted molar refractivity (Wildman–Crippen MR) is 212 cm³/mol. The van der Waals surface area contributed by atoms with Gasteiger partial charge in [0.05, 0.1) is 5.41 Å². The normalized spacial score (nSPS) is 12.4. The molecule has 0 aliphatic carbocycles. The molecule has 0 aromatic rings. The summed E-state index contributed by atoms with van der Waals surface area (Å²) < 4.78 is 16.5. The van der Waals surface area contributed by atoms with Crippen LogP contribution in [0.15, 0.2) is 0 Å². The zero-order valence-electron chi connectivity index (χ0n) is 27.5. The molecule has 6 nitrogen and oxygen atoms in total. The van der Waals surface area contributed by atoms with Gasteiger partial charge in [0, 0.05) is 0 Å². The summed E-state index contributed by atoms with van der Waals surface area (Å²) in [5.41, 5.74) is -1.02. The molecule has 0 heterocycles. The van der Waals surface area contributed by atoms with Crippen LogP contribution in [0.4, 0.5) is 0 Å². The van der Waals surface area contributed by atoms with Crippen molar-refractivity contribution < 1.29 is 28.6 Å². The molecule has 0 N–H and O–H groups in total. The largest absolute Gasteiger partial charge is 0.464 e. The highest BCUT2D eigenvalue weighted by Gasteiger charge is 2.40. The fraction of sp³-hybridized carbons (Fsp3) is 0.793. The zero-order valence-corrected chi connectivity index (χ0v) is 34.8. The van der Waals surface area contributed by atoms with Gasteiger partial charge in [-0.2, -0.15) is 0 Å². The Bertz CT molecular complexity index is 876. The van der Waals surface area contributed by atoms with E-state index in [0.29, 0.717) is 10.6 Å². The Morgan fingerprint density at radius 2 is 0.727 bits per heavy atom. The first-order valence-corrected chi connectivity index (χ1v) is 21.0. The smallest absolute Gasteiger partial charge is 0.322 e. The van der Waals surface area contributed by atoms with Gasteiger partial charge in [-0.25, -0.2) is 0 Å². The molecule has 0 fully saturated rings. The van der Waals surface area contributed by atoms with Gasteiger partial charge in [-0.15, -0.1) is 35.3 Å². The molecule has 0 aliphatic rings. The second-order valence-electron chi connectivity index (χ2n) is 11.7. The van der Waals surface area contributed by atoms with Crippen molar-refractivity contribution in [2.24, 2.45) is 5.41 Å². The SMILES string of the molecule is CCCSC(=S)SC(C)(C)C(=O)OCC(C)(COC(=O)C(C)(C)SC(=S)SCCC)COC(=O)C(C)(C)SC(=S)SCCC. The summed E-state index contributed by atoms with van der Waals surface area (Å²) in [5, 5.41) is 0. The first kappa shape index (κ1) is 44.8. The molecule has 0 aromatic carbocycles. The predicted octanol–water partition coefficient (Wildman–Crippen LogP) is 9.44. The molecular formula is C29H48O6S9. The van der Waals surface area contributed by atoms with Gasteiger partial charge in [-0.1, -0.05) is 92.7 Å². The van der Waals surface area contributed by atoms with Crippen LogP contribution in [0.5, 0.6) is 0 Å². The van der Waals surface area contributed by atoms with Crippen LogP contribution in [0, 0.1) is 5.41 Å². The molecule has 254 valence electrons. The first-order valence-electron chi connectivity index (χ1n) is 14.3. The fourth-order valence-electron chi connectivity index (χ4n) is 2.76. The Kier molecular flexibility index (Phi) is 22.1. The number of carbonyl (C=O) groups is 3. The second-order valence-corrected chi connectivity index (χ2v) is 23.4. The van der Waals surface area contributed by atoms with Gasteiger partial charge in [-0.3, -0.25) is 14.4 Å². The van der Waals surface area contributed by atoms with Gasteiger partial charge in [0.1, 0.15) is 44.6 Å². The molecule has 0 bridgehead atoms. The van der Waals surface area contributed by atoms with E-state index in [1.165, 1.54) is 70.6 Å². The molecule has 0 atom stereocenters. The van der Waals surface area contributed by atoms with Crippen molar-refractivity contribution in [2.45, 2.75) is 103 Å². The molecule has 0 amide bonds. The van der Waals surface area contributed by atoms with E-state index in [9.17, 15) is 14.4 Å². The highest BCUT2D eigenvalue weighted by atomic mass is 32.2. The van der Waals surface area contributed by atoms with Gasteiger partial charge in [0.2, 0.25) is 0 Å². The minimum Gasteiger partial charge on any atom is -0.464 e. The summed E-state index contributed by atoms with van der Waals surface area (Å²) in [4.78, 5) is 39.5. The maximum absolute atomic E-state index is 13.2. The van der Waals surface area contributed by atoms with E-state index in [1.807, 2.05) is 0 Å². The molecule has 0 saturated carbocycles. The molecule has 0 spiro atoms. The minimum absolute atomic E-state index is 0.137. The maximum Gasteiger partial charge on any atom is 0.322 e. The van der Waals surface area contributed by atoms with Crippen LogP contribution in [0.25, 0.3) is 0 Å². The van der Waals surface area contributed by atoms with Crippen LogP contribution < -0.4 is 0 Å². The lowest BCUT2D eigenvalue weighted by Crippen LogP contribution is -2.43. The number of esters is 3. The van der Waals surface area contributed by atoms with Crippen LogP contribution in [0.2, 0.25) is 0 Å². The standard InChI is InChI=1S/C29H48O6S9/c1-11-14-39-23(36)42-26(4,5)20(30)33-17-29(10,18-34-21(31)27(6,7)43-24(37)40-15-12-2)19-35-22(32)28(8,9)44-25(38)41-16-13-3/h11-19H2,1-10H3. The fourth-order valence-corrected chi connectivity index (χ4v) is 11.5. The molecule has 0 saturated heterocycles. The van der Waals surface area contributed by atoms with Crippen molar-refractivity contribution in [3.05, 3.63) is 0 Å². The van der Waals surface area contributed by atoms with Gasteiger partial charge in [0.25, 0.3) is 0 Å². The number of thioether (sulfide) groups is 6. The lowest BCUT2D eigenvalue weighted by atomic mass is 9.94. The van der Waals surface area contributed by atoms with E-state index in [4.69, 9.17) is 50.9 Å². The topological polar surface area (TPSA) is 78.9 Å². The molecule has 0 aromatic heterocycles. The number of rotatable bonds is 18. The van der Waals surface area contributed by atoms with Gasteiger partial charge < -0.3 is 14.2 Å². The number of hydrogen-bond acceptors (Lipinski definition) is 15. The van der Waals surface area contributed by atoms with Crippen LogP contribution in [0.3, 0.4) is 0 Å². The highest BCUT2D eigenvalue weighted by molar-refractivity contribution is 8.48. The summed E-state index contributed by atoms with van der Waals surface area (Å²) in [5.74, 6) is 1.23. The van der Waals surface area contributed by atoms with E-state index >= 15 is 0 Å². The van der Waals surface area contributed by atoms with Crippen LogP contribution in [-0.2, 0) is 28.6 Å². The van der Waals surface area contributed by atoms with Crippen molar-refractivity contribution in [3.8, 4) is 0 Å². The van der Waals surface area contributed by atoms with Crippen LogP contribution >= 0.6 is 107 Å². The molecule has 0 aliphatic heterocycles. The molecular weight excluding hydrogens is 733 g/mol. The highest BCUT2D eigenvalue weighted by Crippen LogP contribution is 2.36. The average Bonchev–Trinajstić information content (AvgIpc) is 2.93. The molecule has 0 unspecified atom stereocenters. The summed E-state index contributed by atoms with van der Waals surface area (Å²) >= 11 is 24.8. The number of carbonyl (C=O) groups excluding carboxylic acids is 3. The van der Waals surface area contributed by atoms with Crippen LogP contribution in [0.1, 0.15) is 88.5 Å². The van der Waals surface area contributed by atoms with Crippen LogP contribution in [-0.4, -0.2) is 79.8 Å². The van der Waals surface area contributed by atoms with E-state index in [1.54, 1.807) is 48.5 Å². The maximum atomic E-state index is 13.2. The number of hydrogen-bond donors (Lipinski definition) is 0. The summed E-state index contributed by atoms with van der Waals surface area (Å²) in [6.45, 7) is 18.1. The van der Waals surface area contributed by atoms with Gasteiger partial charge >= 0.3 is 17.9 Å². The second kappa shape index (κ2) is 21.7. The lowest BCUT2D eigenvalue weighted by Gasteiger charge is -2.32. The Hall–Kier alpha value is 0.780. The van der Waals surface area contributed by atoms with Crippen molar-refractivity contribution in [2.75, 3.05) is 37.1 Å². The van der Waals surface area contributed by atoms with E-state index < -0.39 is 37.6 Å². The Balaban J connectivity index is 5.70. The number of thiocarbonyl (C=S) groups is 3. The Morgan fingerprint density at radius 3 is 0.932 bits per heavy atom. The lowest BCUT2D eigenvalue weighted by molar-refractivity contribution is -0.162. The minimum atomic E-state index is -1.02. The average molecular weight is 781 g/mol. The van der Waals surface area contributed by atoms with E-state index in [-0.39, 0.29) is 19.8 Å². The Morgan fingerprint density at radius 1 is 0.500 bits per heavy atom. The van der Waals surface area contributed by atoms with Crippen molar-refractivity contribution >= 4 is 136 Å². The van der Waals surface area contributed by atoms with Crippen molar-refractivity contribution in [1.82, 2.24) is 0 Å². The van der Waals surface area contributed by atoms with Gasteiger partial charge in [0.15, 0.2) is 0 Å². The van der Waals surface area contributed by atoms with Crippen molar-refractivity contribution in [1.29, 1.82) is 0 Å². The quantitative estimate of drug-likeness (QED) is 0.0752. The number of ether oxygens (including phenoxy) is 3. The molecule has 15 heteroatoms.